The van der Waals surface area contributed by atoms with Gasteiger partial charge in [0.15, 0.2) is 0 Å². The zero-order valence-electron chi connectivity index (χ0n) is 9.50. The summed E-state index contributed by atoms with van der Waals surface area (Å²) in [6, 6.07) is 0.292. The fourth-order valence-electron chi connectivity index (χ4n) is 3.14. The summed E-state index contributed by atoms with van der Waals surface area (Å²) < 4.78 is 0. The van der Waals surface area contributed by atoms with Crippen molar-refractivity contribution in [1.82, 2.24) is 0 Å². The summed E-state index contributed by atoms with van der Waals surface area (Å²) in [6.07, 6.45) is 7.52. The van der Waals surface area contributed by atoms with E-state index in [0.29, 0.717) is 12.0 Å². The van der Waals surface area contributed by atoms with Gasteiger partial charge in [-0.1, -0.05) is 6.92 Å². The number of hydrogen-bond acceptors (Lipinski definition) is 2. The maximum Gasteiger partial charge on any atom is 0.0411 e. The summed E-state index contributed by atoms with van der Waals surface area (Å²) in [4.78, 5) is 4.92. The summed E-state index contributed by atoms with van der Waals surface area (Å²) in [5, 5.41) is 0. The van der Waals surface area contributed by atoms with Gasteiger partial charge < -0.3 is 5.73 Å². The topological polar surface area (TPSA) is 38.4 Å². The molecule has 1 aliphatic heterocycles. The highest BCUT2D eigenvalue weighted by Gasteiger charge is 2.39. The molecule has 0 saturated heterocycles. The standard InChI is InChI=1S/C13H20N2/c1-2-9-12(14)10-4-3-5-11(10)15-13(9)8-6-7-8/h8-9,12H,2-7,14H2,1H3. The third kappa shape index (κ3) is 1.46. The quantitative estimate of drug-likeness (QED) is 0.737. The lowest BCUT2D eigenvalue weighted by atomic mass is 9.83. The fraction of sp³-hybridized carbons (Fsp3) is 0.769. The molecule has 0 radical (unpaired) electrons. The van der Waals surface area contributed by atoms with E-state index in [0.717, 1.165) is 12.3 Å². The van der Waals surface area contributed by atoms with Crippen molar-refractivity contribution in [3.05, 3.63) is 11.3 Å². The second kappa shape index (κ2) is 3.44. The predicted molar refractivity (Wildman–Crippen MR) is 62.8 cm³/mol. The Kier molecular flexibility index (Phi) is 2.20. The van der Waals surface area contributed by atoms with Gasteiger partial charge in [0.05, 0.1) is 0 Å². The number of aliphatic imine (C=N–C) groups is 1. The van der Waals surface area contributed by atoms with Gasteiger partial charge in [-0.3, -0.25) is 4.99 Å². The number of rotatable bonds is 2. The molecule has 2 atom stereocenters. The van der Waals surface area contributed by atoms with E-state index < -0.39 is 0 Å². The van der Waals surface area contributed by atoms with Crippen LogP contribution < -0.4 is 5.73 Å². The van der Waals surface area contributed by atoms with Crippen LogP contribution >= 0.6 is 0 Å². The Balaban J connectivity index is 1.96. The lowest BCUT2D eigenvalue weighted by Crippen LogP contribution is -2.40. The van der Waals surface area contributed by atoms with Crippen molar-refractivity contribution < 1.29 is 0 Å². The van der Waals surface area contributed by atoms with Crippen LogP contribution in [0.1, 0.15) is 45.4 Å². The first-order chi connectivity index (χ1) is 7.31. The molecule has 0 bridgehead atoms. The van der Waals surface area contributed by atoms with Gasteiger partial charge in [-0.25, -0.2) is 0 Å². The highest BCUT2D eigenvalue weighted by molar-refractivity contribution is 5.93. The average Bonchev–Trinajstić information content (AvgIpc) is 2.97. The zero-order valence-corrected chi connectivity index (χ0v) is 9.50. The minimum Gasteiger partial charge on any atom is -0.324 e. The van der Waals surface area contributed by atoms with Crippen LogP contribution in [0.5, 0.6) is 0 Å². The molecular weight excluding hydrogens is 184 g/mol. The van der Waals surface area contributed by atoms with E-state index in [-0.39, 0.29) is 0 Å². The van der Waals surface area contributed by atoms with Gasteiger partial charge in [0, 0.05) is 23.4 Å². The second-order valence-corrected chi connectivity index (χ2v) is 5.18. The fourth-order valence-corrected chi connectivity index (χ4v) is 3.14. The Bertz CT molecular complexity index is 336. The summed E-state index contributed by atoms with van der Waals surface area (Å²) in [7, 11) is 0. The molecule has 2 heteroatoms. The van der Waals surface area contributed by atoms with E-state index >= 15 is 0 Å². The molecule has 3 rings (SSSR count). The van der Waals surface area contributed by atoms with E-state index in [1.165, 1.54) is 49.1 Å². The van der Waals surface area contributed by atoms with Crippen LogP contribution in [0.15, 0.2) is 16.3 Å². The molecule has 2 aliphatic carbocycles. The van der Waals surface area contributed by atoms with Crippen molar-refractivity contribution in [2.45, 2.75) is 51.5 Å². The Morgan fingerprint density at radius 1 is 1.33 bits per heavy atom. The third-order valence-corrected chi connectivity index (χ3v) is 4.15. The monoisotopic (exact) mass is 204 g/mol. The maximum atomic E-state index is 6.39. The minimum absolute atomic E-state index is 0.292. The van der Waals surface area contributed by atoms with Crippen molar-refractivity contribution in [2.24, 2.45) is 22.6 Å². The molecule has 0 amide bonds. The molecule has 3 aliphatic rings. The lowest BCUT2D eigenvalue weighted by Gasteiger charge is -2.30. The van der Waals surface area contributed by atoms with E-state index in [1.54, 1.807) is 0 Å². The summed E-state index contributed by atoms with van der Waals surface area (Å²) in [6.45, 7) is 2.25. The summed E-state index contributed by atoms with van der Waals surface area (Å²) in [5.41, 5.74) is 10.7. The Morgan fingerprint density at radius 2 is 2.13 bits per heavy atom. The lowest BCUT2D eigenvalue weighted by molar-refractivity contribution is 0.538. The SMILES string of the molecule is CCC1C(C2CC2)=NC2=C(CCC2)C1N. The largest absolute Gasteiger partial charge is 0.324 e. The molecule has 15 heavy (non-hydrogen) atoms. The van der Waals surface area contributed by atoms with Gasteiger partial charge in [0.2, 0.25) is 0 Å². The first-order valence-corrected chi connectivity index (χ1v) is 6.37. The minimum atomic E-state index is 0.292. The molecule has 82 valence electrons. The number of allylic oxidation sites excluding steroid dienone is 1. The van der Waals surface area contributed by atoms with Gasteiger partial charge >= 0.3 is 0 Å². The molecular formula is C13H20N2. The van der Waals surface area contributed by atoms with Crippen LogP contribution in [0.4, 0.5) is 0 Å². The molecule has 1 heterocycles. The molecule has 0 aromatic carbocycles. The van der Waals surface area contributed by atoms with E-state index in [2.05, 4.69) is 6.92 Å². The number of nitrogens with two attached hydrogens (primary N) is 1. The Morgan fingerprint density at radius 3 is 2.80 bits per heavy atom. The molecule has 2 N–H and O–H groups in total. The van der Waals surface area contributed by atoms with E-state index in [1.807, 2.05) is 0 Å². The van der Waals surface area contributed by atoms with Crippen molar-refractivity contribution in [1.29, 1.82) is 0 Å². The first-order valence-electron chi connectivity index (χ1n) is 6.37. The van der Waals surface area contributed by atoms with Gasteiger partial charge in [-0.05, 0) is 50.0 Å². The third-order valence-electron chi connectivity index (χ3n) is 4.15. The smallest absolute Gasteiger partial charge is 0.0411 e. The molecule has 0 aromatic rings. The second-order valence-electron chi connectivity index (χ2n) is 5.18. The Hall–Kier alpha value is -0.630. The number of nitrogens with zero attached hydrogens (tertiary/aromatic N) is 1. The first kappa shape index (κ1) is 9.59. The van der Waals surface area contributed by atoms with Crippen LogP contribution in [-0.4, -0.2) is 11.8 Å². The molecule has 0 spiro atoms. The Labute approximate surface area is 91.6 Å². The van der Waals surface area contributed by atoms with Crippen LogP contribution in [0.3, 0.4) is 0 Å². The van der Waals surface area contributed by atoms with Gasteiger partial charge in [-0.2, -0.15) is 0 Å². The van der Waals surface area contributed by atoms with Crippen molar-refractivity contribution >= 4 is 5.71 Å². The van der Waals surface area contributed by atoms with E-state index in [9.17, 15) is 0 Å². The predicted octanol–water partition coefficient (Wildman–Crippen LogP) is 2.64. The molecule has 1 saturated carbocycles. The van der Waals surface area contributed by atoms with E-state index in [4.69, 9.17) is 10.7 Å². The normalized spacial score (nSPS) is 35.5. The highest BCUT2D eigenvalue weighted by atomic mass is 14.9. The molecule has 2 nitrogen and oxygen atoms in total. The summed E-state index contributed by atoms with van der Waals surface area (Å²) in [5.74, 6) is 1.34. The van der Waals surface area contributed by atoms with Crippen molar-refractivity contribution in [3.63, 3.8) is 0 Å². The van der Waals surface area contributed by atoms with Crippen LogP contribution in [0.25, 0.3) is 0 Å². The summed E-state index contributed by atoms with van der Waals surface area (Å²) >= 11 is 0. The van der Waals surface area contributed by atoms with Crippen LogP contribution in [0.2, 0.25) is 0 Å². The molecule has 1 fully saturated rings. The van der Waals surface area contributed by atoms with Crippen molar-refractivity contribution in [2.75, 3.05) is 0 Å². The van der Waals surface area contributed by atoms with Crippen LogP contribution in [-0.2, 0) is 0 Å². The van der Waals surface area contributed by atoms with Gasteiger partial charge in [0.1, 0.15) is 0 Å². The average molecular weight is 204 g/mol. The van der Waals surface area contributed by atoms with Crippen LogP contribution in [0, 0.1) is 11.8 Å². The zero-order chi connectivity index (χ0) is 10.4. The van der Waals surface area contributed by atoms with Gasteiger partial charge in [-0.15, -0.1) is 0 Å². The highest BCUT2D eigenvalue weighted by Crippen LogP contribution is 2.42. The maximum absolute atomic E-state index is 6.39. The van der Waals surface area contributed by atoms with Gasteiger partial charge in [0.25, 0.3) is 0 Å². The molecule has 0 aromatic heterocycles. The molecule has 2 unspecified atom stereocenters. The number of hydrogen-bond donors (Lipinski definition) is 1. The van der Waals surface area contributed by atoms with Crippen molar-refractivity contribution in [3.8, 4) is 0 Å².